The molecular formula is C11H19NO5. The summed E-state index contributed by atoms with van der Waals surface area (Å²) in [5, 5.41) is 2.62. The number of ether oxygens (including phenoxy) is 3. The summed E-state index contributed by atoms with van der Waals surface area (Å²) in [4.78, 5) is 23.3. The van der Waals surface area contributed by atoms with Gasteiger partial charge in [-0.15, -0.1) is 0 Å². The predicted octanol–water partition coefficient (Wildman–Crippen LogP) is -0.284. The second-order valence-electron chi connectivity index (χ2n) is 4.19. The lowest BCUT2D eigenvalue weighted by atomic mass is 10.0. The van der Waals surface area contributed by atoms with Crippen LogP contribution in [0.3, 0.4) is 0 Å². The Kier molecular flexibility index (Phi) is 5.37. The minimum absolute atomic E-state index is 0.0455. The van der Waals surface area contributed by atoms with Gasteiger partial charge in [-0.25, -0.2) is 4.79 Å². The molecular weight excluding hydrogens is 226 g/mol. The average Bonchev–Trinajstić information content (AvgIpc) is 2.35. The number of carbonyl (C=O) groups is 2. The summed E-state index contributed by atoms with van der Waals surface area (Å²) in [7, 11) is 1.30. The van der Waals surface area contributed by atoms with Crippen molar-refractivity contribution >= 4 is 11.9 Å². The molecule has 0 spiro atoms. The molecule has 0 aliphatic carbocycles. The molecule has 1 amide bonds. The van der Waals surface area contributed by atoms with Crippen LogP contribution in [0.1, 0.15) is 13.8 Å². The van der Waals surface area contributed by atoms with Crippen LogP contribution in [0.5, 0.6) is 0 Å². The Balaban J connectivity index is 2.54. The Morgan fingerprint density at radius 1 is 1.35 bits per heavy atom. The van der Waals surface area contributed by atoms with Gasteiger partial charge in [0.05, 0.1) is 26.9 Å². The topological polar surface area (TPSA) is 73.9 Å². The van der Waals surface area contributed by atoms with Crippen LogP contribution in [0.25, 0.3) is 0 Å². The molecule has 1 aliphatic rings. The Hall–Kier alpha value is -1.14. The molecule has 1 aliphatic heterocycles. The lowest BCUT2D eigenvalue weighted by molar-refractivity contribution is -0.154. The van der Waals surface area contributed by atoms with Crippen LogP contribution in [0, 0.1) is 5.92 Å². The molecule has 1 N–H and O–H groups in total. The molecule has 2 unspecified atom stereocenters. The molecule has 1 heterocycles. The number of hydrogen-bond donors (Lipinski definition) is 1. The van der Waals surface area contributed by atoms with Crippen LogP contribution in [0.15, 0.2) is 0 Å². The average molecular weight is 245 g/mol. The maximum absolute atomic E-state index is 11.8. The number of methoxy groups -OCH3 is 1. The fourth-order valence-electron chi connectivity index (χ4n) is 1.51. The number of rotatable bonds is 4. The first-order chi connectivity index (χ1) is 8.06. The largest absolute Gasteiger partial charge is 0.467 e. The van der Waals surface area contributed by atoms with Gasteiger partial charge < -0.3 is 19.5 Å². The van der Waals surface area contributed by atoms with E-state index in [9.17, 15) is 9.59 Å². The zero-order valence-corrected chi connectivity index (χ0v) is 10.4. The van der Waals surface area contributed by atoms with Crippen LogP contribution in [0.2, 0.25) is 0 Å². The lowest BCUT2D eigenvalue weighted by Crippen LogP contribution is -2.51. The maximum Gasteiger partial charge on any atom is 0.328 e. The second-order valence-corrected chi connectivity index (χ2v) is 4.19. The van der Waals surface area contributed by atoms with Crippen molar-refractivity contribution in [3.63, 3.8) is 0 Å². The molecule has 0 radical (unpaired) electrons. The summed E-state index contributed by atoms with van der Waals surface area (Å²) in [6, 6.07) is -0.655. The van der Waals surface area contributed by atoms with Crippen molar-refractivity contribution in [1.29, 1.82) is 0 Å². The van der Waals surface area contributed by atoms with E-state index in [4.69, 9.17) is 9.47 Å². The monoisotopic (exact) mass is 245 g/mol. The van der Waals surface area contributed by atoms with Gasteiger partial charge in [0.2, 0.25) is 0 Å². The number of hydrogen-bond acceptors (Lipinski definition) is 5. The van der Waals surface area contributed by atoms with E-state index >= 15 is 0 Å². The fraction of sp³-hybridized carbons (Fsp3) is 0.818. The van der Waals surface area contributed by atoms with Gasteiger partial charge in [0, 0.05) is 0 Å². The van der Waals surface area contributed by atoms with E-state index in [1.807, 2.05) is 13.8 Å². The Morgan fingerprint density at radius 3 is 2.53 bits per heavy atom. The minimum Gasteiger partial charge on any atom is -0.467 e. The van der Waals surface area contributed by atoms with E-state index in [-0.39, 0.29) is 18.4 Å². The van der Waals surface area contributed by atoms with Crippen LogP contribution in [-0.2, 0) is 23.8 Å². The number of carbonyl (C=O) groups excluding carboxylic acids is 2. The summed E-state index contributed by atoms with van der Waals surface area (Å²) in [6.07, 6.45) is -0.644. The van der Waals surface area contributed by atoms with Gasteiger partial charge in [0.15, 0.2) is 6.10 Å². The standard InChI is InChI=1S/C11H19NO5/c1-7(2)9(11(14)15-3)12-10(13)8-6-16-4-5-17-8/h7-9H,4-6H2,1-3H3,(H,12,13). The molecule has 0 aromatic rings. The molecule has 6 nitrogen and oxygen atoms in total. The van der Waals surface area contributed by atoms with Crippen LogP contribution >= 0.6 is 0 Å². The summed E-state index contributed by atoms with van der Waals surface area (Å²) in [5.74, 6) is -0.838. The van der Waals surface area contributed by atoms with Crippen molar-refractivity contribution in [3.05, 3.63) is 0 Å². The van der Waals surface area contributed by atoms with Crippen molar-refractivity contribution in [3.8, 4) is 0 Å². The lowest BCUT2D eigenvalue weighted by Gasteiger charge is -2.25. The third-order valence-corrected chi connectivity index (χ3v) is 2.53. The van der Waals surface area contributed by atoms with Crippen molar-refractivity contribution in [1.82, 2.24) is 5.32 Å². The van der Waals surface area contributed by atoms with E-state index in [1.54, 1.807) is 0 Å². The highest BCUT2D eigenvalue weighted by Crippen LogP contribution is 2.06. The first-order valence-corrected chi connectivity index (χ1v) is 5.63. The molecule has 0 bridgehead atoms. The highest BCUT2D eigenvalue weighted by molar-refractivity contribution is 5.87. The number of esters is 1. The number of amides is 1. The van der Waals surface area contributed by atoms with Crippen molar-refractivity contribution < 1.29 is 23.8 Å². The third kappa shape index (κ3) is 3.98. The van der Waals surface area contributed by atoms with Crippen LogP contribution in [0.4, 0.5) is 0 Å². The highest BCUT2D eigenvalue weighted by atomic mass is 16.6. The molecule has 1 fully saturated rings. The zero-order chi connectivity index (χ0) is 12.8. The van der Waals surface area contributed by atoms with Gasteiger partial charge in [-0.1, -0.05) is 13.8 Å². The predicted molar refractivity (Wildman–Crippen MR) is 59.3 cm³/mol. The first kappa shape index (κ1) is 13.9. The van der Waals surface area contributed by atoms with Crippen molar-refractivity contribution in [2.75, 3.05) is 26.9 Å². The zero-order valence-electron chi connectivity index (χ0n) is 10.4. The fourth-order valence-corrected chi connectivity index (χ4v) is 1.51. The van der Waals surface area contributed by atoms with E-state index in [1.165, 1.54) is 7.11 Å². The first-order valence-electron chi connectivity index (χ1n) is 5.63. The summed E-state index contributed by atoms with van der Waals surface area (Å²) in [6.45, 7) is 4.77. The van der Waals surface area contributed by atoms with Crippen molar-refractivity contribution in [2.24, 2.45) is 5.92 Å². The van der Waals surface area contributed by atoms with Gasteiger partial charge in [-0.2, -0.15) is 0 Å². The SMILES string of the molecule is COC(=O)C(NC(=O)C1COCCO1)C(C)C. The molecule has 0 saturated carbocycles. The maximum atomic E-state index is 11.8. The quantitative estimate of drug-likeness (QED) is 0.689. The second kappa shape index (κ2) is 6.56. The molecule has 17 heavy (non-hydrogen) atoms. The highest BCUT2D eigenvalue weighted by Gasteiger charge is 2.29. The molecule has 1 rings (SSSR count). The molecule has 98 valence electrons. The van der Waals surface area contributed by atoms with Gasteiger partial charge in [-0.05, 0) is 5.92 Å². The Morgan fingerprint density at radius 2 is 2.06 bits per heavy atom. The van der Waals surface area contributed by atoms with E-state index in [0.717, 1.165) is 0 Å². The Labute approximate surface area is 101 Å². The number of nitrogens with one attached hydrogen (secondary N) is 1. The van der Waals surface area contributed by atoms with Crippen LogP contribution in [-0.4, -0.2) is 51.0 Å². The van der Waals surface area contributed by atoms with E-state index in [2.05, 4.69) is 10.1 Å². The summed E-state index contributed by atoms with van der Waals surface area (Å²) < 4.78 is 15.0. The van der Waals surface area contributed by atoms with Gasteiger partial charge in [0.1, 0.15) is 6.04 Å². The summed E-state index contributed by atoms with van der Waals surface area (Å²) in [5.41, 5.74) is 0. The van der Waals surface area contributed by atoms with Crippen molar-refractivity contribution in [2.45, 2.75) is 26.0 Å². The molecule has 1 saturated heterocycles. The molecule has 6 heteroatoms. The normalized spacial score (nSPS) is 22.0. The van der Waals surface area contributed by atoms with Gasteiger partial charge >= 0.3 is 5.97 Å². The smallest absolute Gasteiger partial charge is 0.328 e. The van der Waals surface area contributed by atoms with E-state index in [0.29, 0.717) is 13.2 Å². The molecule has 2 atom stereocenters. The molecule has 0 aromatic heterocycles. The van der Waals surface area contributed by atoms with Gasteiger partial charge in [0.25, 0.3) is 5.91 Å². The third-order valence-electron chi connectivity index (χ3n) is 2.53. The van der Waals surface area contributed by atoms with Crippen LogP contribution < -0.4 is 5.32 Å². The summed E-state index contributed by atoms with van der Waals surface area (Å²) >= 11 is 0. The Bertz CT molecular complexity index is 273. The van der Waals surface area contributed by atoms with Gasteiger partial charge in [-0.3, -0.25) is 4.79 Å². The van der Waals surface area contributed by atoms with E-state index < -0.39 is 18.1 Å². The minimum atomic E-state index is -0.655. The molecule has 0 aromatic carbocycles.